The van der Waals surface area contributed by atoms with E-state index in [2.05, 4.69) is 4.89 Å². The van der Waals surface area contributed by atoms with Crippen LogP contribution in [0.3, 0.4) is 0 Å². The van der Waals surface area contributed by atoms with Crippen molar-refractivity contribution in [3.8, 4) is 0 Å². The molecule has 1 radical (unpaired) electrons. The number of hydrogen-bond acceptors (Lipinski definition) is 4. The fourth-order valence-corrected chi connectivity index (χ4v) is 0.0390. The quantitative estimate of drug-likeness (QED) is 0.212. The summed E-state index contributed by atoms with van der Waals surface area (Å²) in [6, 6.07) is 0. The maximum absolute atomic E-state index is 9.44. The normalized spacial score (nSPS) is 6.62. The van der Waals surface area contributed by atoms with Gasteiger partial charge < -0.3 is 5.11 Å². The Morgan fingerprint density at radius 1 is 1.38 bits per heavy atom. The van der Waals surface area contributed by atoms with Gasteiger partial charge in [-0.05, 0) is 0 Å². The molecule has 0 aromatic carbocycles. The third-order valence-electron chi connectivity index (χ3n) is 0.258. The van der Waals surface area contributed by atoms with E-state index < -0.39 is 11.9 Å². The molecule has 0 saturated heterocycles. The molecule has 0 aliphatic carbocycles. The Morgan fingerprint density at radius 3 is 1.75 bits per heavy atom. The van der Waals surface area contributed by atoms with Crippen molar-refractivity contribution in [2.75, 3.05) is 0 Å². The first-order chi connectivity index (χ1) is 3.18. The van der Waals surface area contributed by atoms with Crippen molar-refractivity contribution < 1.29 is 41.9 Å². The van der Waals surface area contributed by atoms with E-state index in [1.165, 1.54) is 0 Å². The van der Waals surface area contributed by atoms with Crippen molar-refractivity contribution in [2.24, 2.45) is 0 Å². The fraction of sp³-hybridized carbons (Fsp3) is 0. The molecule has 8 heavy (non-hydrogen) atoms. The molecule has 2 N–H and O–H groups in total. The maximum atomic E-state index is 9.44. The van der Waals surface area contributed by atoms with Crippen LogP contribution in [0, 0.1) is 0 Å². The average molecular weight is 170 g/mol. The Balaban J connectivity index is 0. The van der Waals surface area contributed by atoms with Crippen molar-refractivity contribution in [1.82, 2.24) is 0 Å². The summed E-state index contributed by atoms with van der Waals surface area (Å²) in [6.45, 7) is 0. The molecular weight excluding hydrogens is 168 g/mol. The van der Waals surface area contributed by atoms with Gasteiger partial charge in [0.25, 0.3) is 0 Å². The monoisotopic (exact) mass is 169 g/mol. The first-order valence-electron chi connectivity index (χ1n) is 1.27. The molecule has 0 aromatic heterocycles. The largest absolute Gasteiger partial charge is 0.473 e. The van der Waals surface area contributed by atoms with Crippen LogP contribution in [-0.2, 0) is 31.5 Å². The minimum absolute atomic E-state index is 0. The number of carboxylic acids is 1. The fourth-order valence-electron chi connectivity index (χ4n) is 0.0390. The second kappa shape index (κ2) is 4.58. The van der Waals surface area contributed by atoms with E-state index in [-0.39, 0.29) is 17.1 Å². The molecule has 0 aliphatic rings. The van der Waals surface area contributed by atoms with Crippen molar-refractivity contribution in [3.63, 3.8) is 0 Å². The molecule has 0 fully saturated rings. The minimum Gasteiger partial charge on any atom is -0.473 e. The summed E-state index contributed by atoms with van der Waals surface area (Å²) < 4.78 is 0. The van der Waals surface area contributed by atoms with Gasteiger partial charge in [-0.15, -0.1) is 0 Å². The molecule has 0 atom stereocenters. The Bertz CT molecular complexity index is 98.6. The van der Waals surface area contributed by atoms with E-state index in [0.29, 0.717) is 0 Å². The van der Waals surface area contributed by atoms with E-state index in [1.807, 2.05) is 0 Å². The summed E-state index contributed by atoms with van der Waals surface area (Å²) in [5.41, 5.74) is 0. The van der Waals surface area contributed by atoms with Gasteiger partial charge in [-0.3, -0.25) is 4.89 Å². The molecule has 0 aromatic rings. The van der Waals surface area contributed by atoms with Gasteiger partial charge >= 0.3 is 11.9 Å². The SMILES string of the molecule is O=C(O)C(=O)OO.[Cu]. The van der Waals surface area contributed by atoms with Crippen molar-refractivity contribution in [2.45, 2.75) is 0 Å². The molecule has 0 saturated carbocycles. The van der Waals surface area contributed by atoms with E-state index in [1.54, 1.807) is 0 Å². The van der Waals surface area contributed by atoms with Crippen molar-refractivity contribution >= 4 is 11.9 Å². The van der Waals surface area contributed by atoms with Gasteiger partial charge in [-0.2, -0.15) is 5.26 Å². The second-order valence-electron chi connectivity index (χ2n) is 0.684. The van der Waals surface area contributed by atoms with Gasteiger partial charge in [0.15, 0.2) is 0 Å². The first-order valence-corrected chi connectivity index (χ1v) is 1.27. The molecule has 51 valence electrons. The predicted octanol–water partition coefficient (Wildman–Crippen LogP) is -0.915. The van der Waals surface area contributed by atoms with Gasteiger partial charge in [-0.25, -0.2) is 9.59 Å². The summed E-state index contributed by atoms with van der Waals surface area (Å²) in [7, 11) is 0. The summed E-state index contributed by atoms with van der Waals surface area (Å²) in [5.74, 6) is -3.50. The smallest absolute Gasteiger partial charge is 0.449 e. The van der Waals surface area contributed by atoms with E-state index in [4.69, 9.17) is 10.4 Å². The van der Waals surface area contributed by atoms with Crippen LogP contribution in [0.15, 0.2) is 0 Å². The summed E-state index contributed by atoms with van der Waals surface area (Å²) in [5, 5.41) is 14.8. The molecule has 0 bridgehead atoms. The van der Waals surface area contributed by atoms with Crippen LogP contribution < -0.4 is 0 Å². The Morgan fingerprint density at radius 2 is 1.75 bits per heavy atom. The number of carboxylic acid groups (broad SMARTS) is 1. The number of rotatable bonds is 0. The van der Waals surface area contributed by atoms with E-state index >= 15 is 0 Å². The number of carbonyl (C=O) groups excluding carboxylic acids is 1. The van der Waals surface area contributed by atoms with Gasteiger partial charge in [0.05, 0.1) is 0 Å². The van der Waals surface area contributed by atoms with Crippen LogP contribution in [0.2, 0.25) is 0 Å². The molecule has 0 rings (SSSR count). The van der Waals surface area contributed by atoms with Crippen molar-refractivity contribution in [3.05, 3.63) is 0 Å². The third kappa shape index (κ3) is 3.60. The van der Waals surface area contributed by atoms with Gasteiger partial charge in [0.1, 0.15) is 0 Å². The Hall–Kier alpha value is -0.581. The maximum Gasteiger partial charge on any atom is 0.449 e. The van der Waals surface area contributed by atoms with Crippen LogP contribution in [0.5, 0.6) is 0 Å². The van der Waals surface area contributed by atoms with Gasteiger partial charge in [0, 0.05) is 17.1 Å². The Labute approximate surface area is 54.7 Å². The summed E-state index contributed by atoms with van der Waals surface area (Å²) >= 11 is 0. The summed E-state index contributed by atoms with van der Waals surface area (Å²) in [6.07, 6.45) is 0. The molecule has 6 heteroatoms. The standard InChI is InChI=1S/C2H2O5.Cu/c3-1(4)2(5)7-6;/h6H,(H,3,4);. The van der Waals surface area contributed by atoms with Crippen LogP contribution in [0.25, 0.3) is 0 Å². The zero-order valence-electron chi connectivity index (χ0n) is 3.42. The molecule has 0 amide bonds. The molecule has 0 spiro atoms. The van der Waals surface area contributed by atoms with E-state index in [9.17, 15) is 9.59 Å². The molecular formula is C2H2CuO5. The molecule has 0 aliphatic heterocycles. The van der Waals surface area contributed by atoms with Crippen LogP contribution >= 0.6 is 0 Å². The zero-order chi connectivity index (χ0) is 5.86. The van der Waals surface area contributed by atoms with Gasteiger partial charge in [0.2, 0.25) is 0 Å². The summed E-state index contributed by atoms with van der Waals surface area (Å²) in [4.78, 5) is 21.5. The number of aliphatic carboxylic acids is 1. The Kier molecular flexibility index (Phi) is 5.95. The van der Waals surface area contributed by atoms with Crippen molar-refractivity contribution in [1.29, 1.82) is 0 Å². The third-order valence-corrected chi connectivity index (χ3v) is 0.258. The second-order valence-corrected chi connectivity index (χ2v) is 0.684. The molecule has 0 heterocycles. The van der Waals surface area contributed by atoms with Crippen LogP contribution in [0.1, 0.15) is 0 Å². The molecule has 0 unspecified atom stereocenters. The zero-order valence-corrected chi connectivity index (χ0v) is 4.36. The topological polar surface area (TPSA) is 83.8 Å². The molecule has 5 nitrogen and oxygen atoms in total. The van der Waals surface area contributed by atoms with Gasteiger partial charge in [-0.1, -0.05) is 0 Å². The minimum atomic E-state index is -1.82. The van der Waals surface area contributed by atoms with Crippen LogP contribution in [0.4, 0.5) is 0 Å². The van der Waals surface area contributed by atoms with Crippen LogP contribution in [-0.4, -0.2) is 22.3 Å². The number of hydrogen-bond donors (Lipinski definition) is 2. The number of carbonyl (C=O) groups is 2. The predicted molar refractivity (Wildman–Crippen MR) is 16.4 cm³/mol. The first kappa shape index (κ1) is 10.4. The van der Waals surface area contributed by atoms with E-state index in [0.717, 1.165) is 0 Å². The average Bonchev–Trinajstić information content (AvgIpc) is 1.65.